The first-order valence-corrected chi connectivity index (χ1v) is 8.09. The maximum absolute atomic E-state index is 12.4. The van der Waals surface area contributed by atoms with E-state index in [2.05, 4.69) is 4.90 Å². The number of hydrogen-bond acceptors (Lipinski definition) is 5. The van der Waals surface area contributed by atoms with Gasteiger partial charge in [-0.05, 0) is 38.1 Å². The van der Waals surface area contributed by atoms with Crippen LogP contribution in [-0.2, 0) is 19.1 Å². The van der Waals surface area contributed by atoms with Gasteiger partial charge in [-0.1, -0.05) is 0 Å². The van der Waals surface area contributed by atoms with E-state index in [-0.39, 0.29) is 18.1 Å². The molecule has 3 rings (SSSR count). The van der Waals surface area contributed by atoms with Crippen molar-refractivity contribution in [3.8, 4) is 0 Å². The van der Waals surface area contributed by atoms with E-state index >= 15 is 0 Å². The molecule has 3 heterocycles. The fourth-order valence-corrected chi connectivity index (χ4v) is 3.51. The number of piperidine rings is 1. The van der Waals surface area contributed by atoms with Crippen LogP contribution in [0.4, 0.5) is 0 Å². The van der Waals surface area contributed by atoms with Crippen LogP contribution in [0, 0.1) is 5.92 Å². The first-order valence-electron chi connectivity index (χ1n) is 8.09. The third kappa shape index (κ3) is 3.56. The highest BCUT2D eigenvalue weighted by molar-refractivity contribution is 5.80. The quantitative estimate of drug-likeness (QED) is 0.763. The first-order chi connectivity index (χ1) is 10.3. The molecule has 3 aliphatic rings. The molecule has 0 unspecified atom stereocenters. The van der Waals surface area contributed by atoms with Gasteiger partial charge in [0.25, 0.3) is 5.91 Å². The fraction of sp³-hybridized carbons (Fsp3) is 0.933. The second-order valence-corrected chi connectivity index (χ2v) is 6.22. The van der Waals surface area contributed by atoms with E-state index in [0.717, 1.165) is 51.9 Å². The highest BCUT2D eigenvalue weighted by atomic mass is 16.7. The van der Waals surface area contributed by atoms with E-state index in [1.54, 1.807) is 7.11 Å². The van der Waals surface area contributed by atoms with E-state index in [0.29, 0.717) is 19.1 Å². The number of methoxy groups -OCH3 is 1. The van der Waals surface area contributed by atoms with Crippen LogP contribution in [0.15, 0.2) is 0 Å². The Morgan fingerprint density at radius 2 is 2.24 bits per heavy atom. The Kier molecular flexibility index (Phi) is 5.11. The number of carbonyl (C=O) groups excluding carboxylic acids is 1. The molecule has 3 aliphatic heterocycles. The van der Waals surface area contributed by atoms with Crippen molar-refractivity contribution < 1.29 is 19.1 Å². The predicted octanol–water partition coefficient (Wildman–Crippen LogP) is 0.666. The normalized spacial score (nSPS) is 34.0. The van der Waals surface area contributed by atoms with Gasteiger partial charge in [0.1, 0.15) is 6.10 Å². The van der Waals surface area contributed by atoms with Crippen LogP contribution in [0.2, 0.25) is 0 Å². The lowest BCUT2D eigenvalue weighted by molar-refractivity contribution is -0.206. The Bertz CT molecular complexity index is 360. The summed E-state index contributed by atoms with van der Waals surface area (Å²) in [5, 5.41) is 1.52. The third-order valence-electron chi connectivity index (χ3n) is 4.77. The van der Waals surface area contributed by atoms with Crippen LogP contribution in [-0.4, -0.2) is 74.6 Å². The lowest BCUT2D eigenvalue weighted by atomic mass is 9.91. The van der Waals surface area contributed by atoms with Crippen LogP contribution in [0.5, 0.6) is 0 Å². The molecule has 0 aromatic carbocycles. The smallest absolute Gasteiger partial charge is 0.275 e. The van der Waals surface area contributed by atoms with Crippen molar-refractivity contribution in [1.82, 2.24) is 9.96 Å². The standard InChI is InChI=1S/C15H26N2O4/c1-19-9-7-16-6-4-12-10-13(21-14(12)11-16)15(18)17-5-2-3-8-20-17/h12-14H,2-11H2,1H3/t12-,13+,14-/m1/s1. The minimum absolute atomic E-state index is 0.0209. The van der Waals surface area contributed by atoms with Gasteiger partial charge in [-0.15, -0.1) is 0 Å². The van der Waals surface area contributed by atoms with Crippen molar-refractivity contribution in [3.63, 3.8) is 0 Å². The number of nitrogens with zero attached hydrogens (tertiary/aromatic N) is 2. The van der Waals surface area contributed by atoms with Crippen molar-refractivity contribution in [2.24, 2.45) is 5.92 Å². The predicted molar refractivity (Wildman–Crippen MR) is 76.6 cm³/mol. The molecule has 3 saturated heterocycles. The summed E-state index contributed by atoms with van der Waals surface area (Å²) in [4.78, 5) is 20.3. The molecule has 0 aromatic rings. The largest absolute Gasteiger partial charge is 0.383 e. The van der Waals surface area contributed by atoms with Crippen LogP contribution in [0.25, 0.3) is 0 Å². The van der Waals surface area contributed by atoms with Gasteiger partial charge in [-0.25, -0.2) is 5.06 Å². The van der Waals surface area contributed by atoms with Crippen molar-refractivity contribution in [1.29, 1.82) is 0 Å². The van der Waals surface area contributed by atoms with Crippen LogP contribution < -0.4 is 0 Å². The van der Waals surface area contributed by atoms with E-state index < -0.39 is 0 Å². The lowest BCUT2D eigenvalue weighted by Gasteiger charge is -2.33. The minimum Gasteiger partial charge on any atom is -0.383 e. The van der Waals surface area contributed by atoms with Crippen molar-refractivity contribution >= 4 is 5.91 Å². The van der Waals surface area contributed by atoms with Crippen molar-refractivity contribution in [2.75, 3.05) is 46.5 Å². The molecule has 3 atom stereocenters. The maximum Gasteiger partial charge on any atom is 0.275 e. The molecule has 6 nitrogen and oxygen atoms in total. The zero-order chi connectivity index (χ0) is 14.7. The molecule has 0 aliphatic carbocycles. The second kappa shape index (κ2) is 7.05. The summed E-state index contributed by atoms with van der Waals surface area (Å²) in [6.07, 6.45) is 3.90. The van der Waals surface area contributed by atoms with Gasteiger partial charge in [0, 0.05) is 26.7 Å². The molecule has 120 valence electrons. The summed E-state index contributed by atoms with van der Waals surface area (Å²) < 4.78 is 11.2. The van der Waals surface area contributed by atoms with Gasteiger partial charge in [0.05, 0.1) is 19.3 Å². The van der Waals surface area contributed by atoms with Crippen LogP contribution in [0.3, 0.4) is 0 Å². The molecule has 0 saturated carbocycles. The highest BCUT2D eigenvalue weighted by Crippen LogP contribution is 2.34. The molecule has 0 spiro atoms. The molecule has 1 amide bonds. The monoisotopic (exact) mass is 298 g/mol. The Balaban J connectivity index is 1.51. The molecular formula is C15H26N2O4. The molecule has 3 fully saturated rings. The Morgan fingerprint density at radius 3 is 3.00 bits per heavy atom. The summed E-state index contributed by atoms with van der Waals surface area (Å²) in [6.45, 7) is 5.04. The molecule has 21 heavy (non-hydrogen) atoms. The average molecular weight is 298 g/mol. The number of likely N-dealkylation sites (tertiary alicyclic amines) is 1. The topological polar surface area (TPSA) is 51.2 Å². The zero-order valence-electron chi connectivity index (χ0n) is 12.8. The molecule has 6 heteroatoms. The summed E-state index contributed by atoms with van der Waals surface area (Å²) in [6, 6.07) is 0. The van der Waals surface area contributed by atoms with E-state index in [9.17, 15) is 4.79 Å². The highest BCUT2D eigenvalue weighted by Gasteiger charge is 2.43. The Hall–Kier alpha value is -0.690. The van der Waals surface area contributed by atoms with Gasteiger partial charge in [0.2, 0.25) is 0 Å². The number of hydroxylamine groups is 2. The van der Waals surface area contributed by atoms with Crippen LogP contribution >= 0.6 is 0 Å². The molecule has 0 radical (unpaired) electrons. The average Bonchev–Trinajstić information content (AvgIpc) is 2.96. The van der Waals surface area contributed by atoms with E-state index in [4.69, 9.17) is 14.3 Å². The van der Waals surface area contributed by atoms with Gasteiger partial charge < -0.3 is 9.47 Å². The van der Waals surface area contributed by atoms with Gasteiger partial charge in [-0.2, -0.15) is 0 Å². The van der Waals surface area contributed by atoms with Gasteiger partial charge >= 0.3 is 0 Å². The molecule has 0 bridgehead atoms. The fourth-order valence-electron chi connectivity index (χ4n) is 3.51. The number of ether oxygens (including phenoxy) is 2. The summed E-state index contributed by atoms with van der Waals surface area (Å²) in [5.74, 6) is 0.537. The molecule has 0 N–H and O–H groups in total. The Morgan fingerprint density at radius 1 is 1.33 bits per heavy atom. The summed E-state index contributed by atoms with van der Waals surface area (Å²) in [7, 11) is 1.73. The number of carbonyl (C=O) groups is 1. The number of rotatable bonds is 4. The third-order valence-corrected chi connectivity index (χ3v) is 4.77. The lowest BCUT2D eigenvalue weighted by Crippen LogP contribution is -2.44. The molecule has 0 aromatic heterocycles. The first kappa shape index (κ1) is 15.2. The van der Waals surface area contributed by atoms with Gasteiger partial charge in [-0.3, -0.25) is 14.5 Å². The van der Waals surface area contributed by atoms with Crippen molar-refractivity contribution in [2.45, 2.75) is 37.9 Å². The van der Waals surface area contributed by atoms with Crippen molar-refractivity contribution in [3.05, 3.63) is 0 Å². The Labute approximate surface area is 126 Å². The van der Waals surface area contributed by atoms with Crippen LogP contribution in [0.1, 0.15) is 25.7 Å². The van der Waals surface area contributed by atoms with Gasteiger partial charge in [0.15, 0.2) is 0 Å². The summed E-state index contributed by atoms with van der Waals surface area (Å²) >= 11 is 0. The number of fused-ring (bicyclic) bond motifs is 1. The molecular weight excluding hydrogens is 272 g/mol. The second-order valence-electron chi connectivity index (χ2n) is 6.22. The minimum atomic E-state index is -0.305. The summed E-state index contributed by atoms with van der Waals surface area (Å²) in [5.41, 5.74) is 0. The zero-order valence-corrected chi connectivity index (χ0v) is 12.8. The number of hydrogen-bond donors (Lipinski definition) is 0. The van der Waals surface area contributed by atoms with E-state index in [1.807, 2.05) is 0 Å². The van der Waals surface area contributed by atoms with E-state index in [1.165, 1.54) is 5.06 Å². The maximum atomic E-state index is 12.4. The SMILES string of the molecule is COCCN1CC[C@@H]2C[C@@H](C(=O)N3CCCCO3)O[C@@H]2C1. The number of amides is 1.